The van der Waals surface area contributed by atoms with Crippen molar-refractivity contribution in [2.24, 2.45) is 0 Å². The number of carbonyl (C=O) groups excluding carboxylic acids is 1. The Kier molecular flexibility index (Phi) is 49.7. The van der Waals surface area contributed by atoms with Crippen LogP contribution >= 0.6 is 0 Å². The Morgan fingerprint density at radius 2 is 0.638 bits per heavy atom. The number of aliphatic hydroxyl groups is 2. The quantitative estimate of drug-likeness (QED) is 0.0423. The minimum absolute atomic E-state index is 0.0565. The normalized spacial score (nSPS) is 12.8. The van der Waals surface area contributed by atoms with Gasteiger partial charge in [-0.15, -0.1) is 0 Å². The molecular weight excluding hydrogens is 711 g/mol. The largest absolute Gasteiger partial charge is 0.394 e. The zero-order valence-electron chi connectivity index (χ0n) is 39.8. The molecule has 346 valence electrons. The van der Waals surface area contributed by atoms with E-state index in [0.29, 0.717) is 6.42 Å². The molecule has 0 fully saturated rings. The maximum absolute atomic E-state index is 12.4. The van der Waals surface area contributed by atoms with Gasteiger partial charge in [0.1, 0.15) is 0 Å². The van der Waals surface area contributed by atoms with Gasteiger partial charge in [-0.2, -0.15) is 0 Å². The SMILES string of the molecule is CCCCCCCCCCCCCCCCC/C=C/C(O)C(CO)NC(=O)CCCCCCCCCCCCCCCCCCCCCCCCCCCCCCC. The van der Waals surface area contributed by atoms with Gasteiger partial charge in [0, 0.05) is 6.42 Å². The molecular formula is C54H107NO3. The van der Waals surface area contributed by atoms with Crippen LogP contribution < -0.4 is 5.32 Å². The molecule has 0 rings (SSSR count). The molecule has 0 radical (unpaired) electrons. The molecule has 0 aliphatic heterocycles. The summed E-state index contributed by atoms with van der Waals surface area (Å²) < 4.78 is 0. The molecule has 2 atom stereocenters. The monoisotopic (exact) mass is 818 g/mol. The summed E-state index contributed by atoms with van der Waals surface area (Å²) in [7, 11) is 0. The van der Waals surface area contributed by atoms with Crippen LogP contribution in [0.2, 0.25) is 0 Å². The zero-order chi connectivity index (χ0) is 42.1. The first-order valence-corrected chi connectivity index (χ1v) is 26.9. The van der Waals surface area contributed by atoms with Gasteiger partial charge in [-0.25, -0.2) is 0 Å². The number of nitrogens with one attached hydrogen (secondary N) is 1. The summed E-state index contributed by atoms with van der Waals surface area (Å²) in [6.07, 6.45) is 65.1. The lowest BCUT2D eigenvalue weighted by atomic mass is 10.0. The van der Waals surface area contributed by atoms with Gasteiger partial charge in [-0.05, 0) is 19.3 Å². The van der Waals surface area contributed by atoms with Crippen molar-refractivity contribution in [2.45, 2.75) is 321 Å². The number of rotatable bonds is 50. The minimum Gasteiger partial charge on any atom is -0.394 e. The summed E-state index contributed by atoms with van der Waals surface area (Å²) in [5, 5.41) is 23.1. The van der Waals surface area contributed by atoms with E-state index in [1.165, 1.54) is 263 Å². The van der Waals surface area contributed by atoms with Crippen molar-refractivity contribution in [3.63, 3.8) is 0 Å². The maximum atomic E-state index is 12.4. The standard InChI is InChI=1S/C54H107NO3/c1-3-5-7-9-11-13-15-17-19-21-22-23-24-25-26-27-28-29-30-31-32-34-36-38-40-42-44-46-48-50-54(58)55-52(51-56)53(57)49-47-45-43-41-39-37-35-33-20-18-16-14-12-10-8-6-4-2/h47,49,52-53,56-57H,3-46,48,50-51H2,1-2H3,(H,55,58)/b49-47+. The fourth-order valence-corrected chi connectivity index (χ4v) is 8.65. The molecule has 0 bridgehead atoms. The Morgan fingerprint density at radius 3 is 0.897 bits per heavy atom. The number of amides is 1. The summed E-state index contributed by atoms with van der Waals surface area (Å²) in [5.41, 5.74) is 0. The van der Waals surface area contributed by atoms with Crippen LogP contribution in [0.3, 0.4) is 0 Å². The fourth-order valence-electron chi connectivity index (χ4n) is 8.65. The van der Waals surface area contributed by atoms with Gasteiger partial charge >= 0.3 is 0 Å². The highest BCUT2D eigenvalue weighted by Gasteiger charge is 2.18. The highest BCUT2D eigenvalue weighted by Crippen LogP contribution is 2.18. The summed E-state index contributed by atoms with van der Waals surface area (Å²) >= 11 is 0. The van der Waals surface area contributed by atoms with Gasteiger partial charge in [-0.3, -0.25) is 4.79 Å². The van der Waals surface area contributed by atoms with E-state index >= 15 is 0 Å². The third-order valence-electron chi connectivity index (χ3n) is 12.8. The van der Waals surface area contributed by atoms with Gasteiger partial charge in [-0.1, -0.05) is 296 Å². The molecule has 0 aliphatic carbocycles. The summed E-state index contributed by atoms with van der Waals surface area (Å²) in [6, 6.07) is -0.617. The number of unbranched alkanes of at least 4 members (excludes halogenated alkanes) is 43. The molecule has 4 nitrogen and oxygen atoms in total. The summed E-state index contributed by atoms with van der Waals surface area (Å²) in [5.74, 6) is -0.0565. The van der Waals surface area contributed by atoms with Crippen LogP contribution in [0.1, 0.15) is 309 Å². The number of carbonyl (C=O) groups is 1. The number of aliphatic hydroxyl groups excluding tert-OH is 2. The molecule has 1 amide bonds. The van der Waals surface area contributed by atoms with Gasteiger partial charge in [0.05, 0.1) is 18.8 Å². The molecule has 58 heavy (non-hydrogen) atoms. The molecule has 0 aromatic rings. The third-order valence-corrected chi connectivity index (χ3v) is 12.8. The third kappa shape index (κ3) is 46.2. The molecule has 4 heteroatoms. The lowest BCUT2D eigenvalue weighted by Crippen LogP contribution is -2.45. The minimum atomic E-state index is -0.834. The molecule has 3 N–H and O–H groups in total. The van der Waals surface area contributed by atoms with Crippen molar-refractivity contribution >= 4 is 5.91 Å². The maximum Gasteiger partial charge on any atom is 0.220 e. The van der Waals surface area contributed by atoms with E-state index in [1.54, 1.807) is 6.08 Å². The van der Waals surface area contributed by atoms with E-state index in [9.17, 15) is 15.0 Å². The topological polar surface area (TPSA) is 69.6 Å². The average molecular weight is 818 g/mol. The van der Waals surface area contributed by atoms with Crippen molar-refractivity contribution in [2.75, 3.05) is 6.61 Å². The van der Waals surface area contributed by atoms with Gasteiger partial charge < -0.3 is 15.5 Å². The Morgan fingerprint density at radius 1 is 0.397 bits per heavy atom. The molecule has 0 saturated heterocycles. The van der Waals surface area contributed by atoms with Crippen LogP contribution in [0.4, 0.5) is 0 Å². The second-order valence-electron chi connectivity index (χ2n) is 18.7. The molecule has 0 heterocycles. The lowest BCUT2D eigenvalue weighted by Gasteiger charge is -2.20. The summed E-state index contributed by atoms with van der Waals surface area (Å²) in [6.45, 7) is 4.35. The smallest absolute Gasteiger partial charge is 0.220 e. The fraction of sp³-hybridized carbons (Fsp3) is 0.944. The number of allylic oxidation sites excluding steroid dienone is 1. The predicted octanol–water partition coefficient (Wildman–Crippen LogP) is 17.4. The van der Waals surface area contributed by atoms with E-state index < -0.39 is 12.1 Å². The van der Waals surface area contributed by atoms with E-state index in [0.717, 1.165) is 25.7 Å². The Hall–Kier alpha value is -0.870. The Balaban J connectivity index is 3.43. The van der Waals surface area contributed by atoms with Crippen LogP contribution in [-0.2, 0) is 4.79 Å². The molecule has 2 unspecified atom stereocenters. The second-order valence-corrected chi connectivity index (χ2v) is 18.7. The van der Waals surface area contributed by atoms with Crippen LogP contribution in [0, 0.1) is 0 Å². The zero-order valence-corrected chi connectivity index (χ0v) is 39.8. The highest BCUT2D eigenvalue weighted by molar-refractivity contribution is 5.76. The highest BCUT2D eigenvalue weighted by atomic mass is 16.3. The van der Waals surface area contributed by atoms with Gasteiger partial charge in [0.2, 0.25) is 5.91 Å². The van der Waals surface area contributed by atoms with E-state index in [1.807, 2.05) is 6.08 Å². The average Bonchev–Trinajstić information content (AvgIpc) is 3.23. The number of hydrogen-bond donors (Lipinski definition) is 3. The van der Waals surface area contributed by atoms with Gasteiger partial charge in [0.25, 0.3) is 0 Å². The van der Waals surface area contributed by atoms with E-state index in [-0.39, 0.29) is 12.5 Å². The van der Waals surface area contributed by atoms with Crippen molar-refractivity contribution in [1.29, 1.82) is 0 Å². The number of hydrogen-bond acceptors (Lipinski definition) is 3. The predicted molar refractivity (Wildman–Crippen MR) is 258 cm³/mol. The second kappa shape index (κ2) is 50.5. The van der Waals surface area contributed by atoms with Crippen LogP contribution in [0.5, 0.6) is 0 Å². The van der Waals surface area contributed by atoms with E-state index in [4.69, 9.17) is 0 Å². The van der Waals surface area contributed by atoms with Crippen molar-refractivity contribution in [3.05, 3.63) is 12.2 Å². The molecule has 0 aromatic heterocycles. The van der Waals surface area contributed by atoms with E-state index in [2.05, 4.69) is 19.2 Å². The Bertz CT molecular complexity index is 799. The molecule has 0 spiro atoms. The van der Waals surface area contributed by atoms with Crippen LogP contribution in [-0.4, -0.2) is 34.9 Å². The van der Waals surface area contributed by atoms with Crippen LogP contribution in [0.25, 0.3) is 0 Å². The lowest BCUT2D eigenvalue weighted by molar-refractivity contribution is -0.123. The first-order valence-electron chi connectivity index (χ1n) is 26.9. The summed E-state index contributed by atoms with van der Waals surface area (Å²) in [4.78, 5) is 12.4. The molecule has 0 aromatic carbocycles. The van der Waals surface area contributed by atoms with Crippen molar-refractivity contribution < 1.29 is 15.0 Å². The van der Waals surface area contributed by atoms with Gasteiger partial charge in [0.15, 0.2) is 0 Å². The first kappa shape index (κ1) is 57.1. The molecule has 0 saturated carbocycles. The molecule has 0 aliphatic rings. The van der Waals surface area contributed by atoms with Crippen molar-refractivity contribution in [3.8, 4) is 0 Å². The first-order chi connectivity index (χ1) is 28.7. The Labute approximate surface area is 365 Å². The van der Waals surface area contributed by atoms with Crippen molar-refractivity contribution in [1.82, 2.24) is 5.32 Å². The van der Waals surface area contributed by atoms with Crippen LogP contribution in [0.15, 0.2) is 12.2 Å².